The third-order valence-corrected chi connectivity index (χ3v) is 6.14. The minimum absolute atomic E-state index is 1.04. The quantitative estimate of drug-likeness (QED) is 0.301. The normalized spacial score (nSPS) is 11.3. The van der Waals surface area contributed by atoms with Crippen LogP contribution >= 0.6 is 11.3 Å². The number of fused-ring (bicyclic) bond motifs is 4. The van der Waals surface area contributed by atoms with Gasteiger partial charge in [0.25, 0.3) is 0 Å². The van der Waals surface area contributed by atoms with E-state index in [1.807, 2.05) is 18.2 Å². The van der Waals surface area contributed by atoms with Crippen LogP contribution < -0.4 is 0 Å². The first kappa shape index (κ1) is 16.0. The molecule has 0 spiro atoms. The molecule has 5 aromatic rings. The van der Waals surface area contributed by atoms with E-state index in [4.69, 9.17) is 4.98 Å². The van der Waals surface area contributed by atoms with Gasteiger partial charge in [-0.05, 0) is 50.9 Å². The number of para-hydroxylation sites is 1. The minimum Gasteiger partial charge on any atom is -0.236 e. The third-order valence-electron chi connectivity index (χ3n) is 5.06. The average molecular weight is 363 g/mol. The maximum Gasteiger partial charge on any atom is 0.124 e. The van der Waals surface area contributed by atoms with Gasteiger partial charge in [-0.3, -0.25) is 0 Å². The summed E-state index contributed by atoms with van der Waals surface area (Å²) in [5.74, 6) is 0. The topological polar surface area (TPSA) is 12.9 Å². The van der Waals surface area contributed by atoms with E-state index in [-0.39, 0.29) is 0 Å². The molecule has 5 rings (SSSR count). The fourth-order valence-electron chi connectivity index (χ4n) is 3.81. The van der Waals surface area contributed by atoms with Crippen LogP contribution in [-0.2, 0) is 0 Å². The summed E-state index contributed by atoms with van der Waals surface area (Å²) >= 11 is 1.73. The molecular weight excluding hydrogens is 346 g/mol. The Morgan fingerprint density at radius 1 is 0.704 bits per heavy atom. The van der Waals surface area contributed by atoms with Crippen LogP contribution in [0.4, 0.5) is 0 Å². The van der Waals surface area contributed by atoms with Gasteiger partial charge >= 0.3 is 0 Å². The minimum atomic E-state index is 1.04. The van der Waals surface area contributed by atoms with Gasteiger partial charge in [-0.2, -0.15) is 0 Å². The number of hydrogen-bond acceptors (Lipinski definition) is 2. The highest BCUT2D eigenvalue weighted by atomic mass is 32.1. The fourth-order valence-corrected chi connectivity index (χ4v) is 4.78. The van der Waals surface area contributed by atoms with Crippen LogP contribution in [0.2, 0.25) is 0 Å². The standard InChI is InChI=1S/C25H17NS/c1-3-17-18(4-2)22-15-16(25-26-23-11-7-8-12-24(23)27-25)13-14-21(22)20-10-6-5-9-19(17)20/h3-15H,1-2H2. The molecule has 27 heavy (non-hydrogen) atoms. The van der Waals surface area contributed by atoms with Crippen LogP contribution in [0.5, 0.6) is 0 Å². The van der Waals surface area contributed by atoms with E-state index in [0.29, 0.717) is 0 Å². The second-order valence-electron chi connectivity index (χ2n) is 6.53. The highest BCUT2D eigenvalue weighted by Crippen LogP contribution is 2.38. The van der Waals surface area contributed by atoms with Crippen LogP contribution in [0.15, 0.2) is 79.9 Å². The van der Waals surface area contributed by atoms with Gasteiger partial charge in [0, 0.05) is 5.56 Å². The SMILES string of the molecule is C=Cc1c(C=C)c2cc(-c3nc4ccccc4s3)ccc2c2ccccc12. The molecule has 0 bridgehead atoms. The average Bonchev–Trinajstić information content (AvgIpc) is 3.16. The van der Waals surface area contributed by atoms with Crippen molar-refractivity contribution in [3.8, 4) is 10.6 Å². The van der Waals surface area contributed by atoms with Crippen LogP contribution in [-0.4, -0.2) is 4.98 Å². The molecule has 0 aliphatic rings. The summed E-state index contributed by atoms with van der Waals surface area (Å²) in [5, 5.41) is 5.92. The lowest BCUT2D eigenvalue weighted by molar-refractivity contribution is 1.48. The summed E-state index contributed by atoms with van der Waals surface area (Å²) < 4.78 is 1.21. The van der Waals surface area contributed by atoms with Crippen molar-refractivity contribution in [1.29, 1.82) is 0 Å². The number of nitrogens with zero attached hydrogens (tertiary/aromatic N) is 1. The van der Waals surface area contributed by atoms with E-state index in [0.717, 1.165) is 27.2 Å². The third kappa shape index (κ3) is 2.42. The van der Waals surface area contributed by atoms with E-state index in [1.165, 1.54) is 26.2 Å². The molecule has 0 aliphatic heterocycles. The van der Waals surface area contributed by atoms with Gasteiger partial charge in [-0.15, -0.1) is 11.3 Å². The zero-order valence-electron chi connectivity index (χ0n) is 14.8. The summed E-state index contributed by atoms with van der Waals surface area (Å²) in [7, 11) is 0. The second kappa shape index (κ2) is 6.19. The molecule has 1 heterocycles. The maximum absolute atomic E-state index is 4.82. The van der Waals surface area contributed by atoms with Crippen molar-refractivity contribution in [2.75, 3.05) is 0 Å². The molecule has 1 aromatic heterocycles. The van der Waals surface area contributed by atoms with Crippen molar-refractivity contribution >= 4 is 55.3 Å². The van der Waals surface area contributed by atoms with Gasteiger partial charge in [0.15, 0.2) is 0 Å². The second-order valence-corrected chi connectivity index (χ2v) is 7.56. The number of hydrogen-bond donors (Lipinski definition) is 0. The van der Waals surface area contributed by atoms with Crippen molar-refractivity contribution in [2.45, 2.75) is 0 Å². The summed E-state index contributed by atoms with van der Waals surface area (Å²) in [5.41, 5.74) is 4.44. The van der Waals surface area contributed by atoms with E-state index in [2.05, 4.69) is 73.8 Å². The van der Waals surface area contributed by atoms with Crippen LogP contribution in [0.3, 0.4) is 0 Å². The van der Waals surface area contributed by atoms with Gasteiger partial charge in [0.05, 0.1) is 10.2 Å². The largest absolute Gasteiger partial charge is 0.236 e. The highest BCUT2D eigenvalue weighted by molar-refractivity contribution is 7.21. The lowest BCUT2D eigenvalue weighted by atomic mass is 9.90. The summed E-state index contributed by atoms with van der Waals surface area (Å²) in [4.78, 5) is 4.82. The smallest absolute Gasteiger partial charge is 0.124 e. The predicted molar refractivity (Wildman–Crippen MR) is 120 cm³/mol. The number of rotatable bonds is 3. The van der Waals surface area contributed by atoms with Crippen LogP contribution in [0.1, 0.15) is 11.1 Å². The lowest BCUT2D eigenvalue weighted by Gasteiger charge is -2.13. The Balaban J connectivity index is 1.86. The van der Waals surface area contributed by atoms with E-state index in [1.54, 1.807) is 11.3 Å². The number of thiazole rings is 1. The van der Waals surface area contributed by atoms with Crippen molar-refractivity contribution in [3.05, 3.63) is 91.0 Å². The van der Waals surface area contributed by atoms with Crippen LogP contribution in [0.25, 0.3) is 54.5 Å². The van der Waals surface area contributed by atoms with Gasteiger partial charge in [-0.25, -0.2) is 4.98 Å². The van der Waals surface area contributed by atoms with Gasteiger partial charge in [0.2, 0.25) is 0 Å². The van der Waals surface area contributed by atoms with Gasteiger partial charge in [0.1, 0.15) is 5.01 Å². The molecule has 0 unspecified atom stereocenters. The fraction of sp³-hybridized carbons (Fsp3) is 0. The number of benzene rings is 4. The molecule has 0 saturated carbocycles. The van der Waals surface area contributed by atoms with E-state index in [9.17, 15) is 0 Å². The first-order chi connectivity index (χ1) is 13.3. The van der Waals surface area contributed by atoms with Gasteiger partial charge in [-0.1, -0.05) is 73.8 Å². The number of aromatic nitrogens is 1. The Hall–Kier alpha value is -3.23. The Morgan fingerprint density at radius 3 is 2.15 bits per heavy atom. The molecule has 128 valence electrons. The van der Waals surface area contributed by atoms with Crippen molar-refractivity contribution in [1.82, 2.24) is 4.98 Å². The summed E-state index contributed by atoms with van der Waals surface area (Å²) in [6.07, 6.45) is 3.87. The molecule has 2 heteroatoms. The van der Waals surface area contributed by atoms with Crippen molar-refractivity contribution in [3.63, 3.8) is 0 Å². The van der Waals surface area contributed by atoms with E-state index >= 15 is 0 Å². The maximum atomic E-state index is 4.82. The zero-order chi connectivity index (χ0) is 18.4. The molecular formula is C25H17NS. The monoisotopic (exact) mass is 363 g/mol. The Kier molecular flexibility index (Phi) is 3.66. The molecule has 0 aliphatic carbocycles. The first-order valence-corrected chi connectivity index (χ1v) is 9.71. The van der Waals surface area contributed by atoms with E-state index < -0.39 is 0 Å². The predicted octanol–water partition coefficient (Wildman–Crippen LogP) is 7.56. The Labute approximate surface area is 161 Å². The molecule has 4 aromatic carbocycles. The molecule has 0 amide bonds. The molecule has 0 saturated heterocycles. The molecule has 1 nitrogen and oxygen atoms in total. The summed E-state index contributed by atoms with van der Waals surface area (Å²) in [6.45, 7) is 8.12. The lowest BCUT2D eigenvalue weighted by Crippen LogP contribution is -1.89. The zero-order valence-corrected chi connectivity index (χ0v) is 15.6. The highest BCUT2D eigenvalue weighted by Gasteiger charge is 2.13. The molecule has 0 fully saturated rings. The summed E-state index contributed by atoms with van der Waals surface area (Å²) in [6, 6.07) is 23.4. The van der Waals surface area contributed by atoms with Crippen molar-refractivity contribution < 1.29 is 0 Å². The van der Waals surface area contributed by atoms with Crippen LogP contribution in [0, 0.1) is 0 Å². The van der Waals surface area contributed by atoms with Crippen molar-refractivity contribution in [2.24, 2.45) is 0 Å². The molecule has 0 radical (unpaired) electrons. The first-order valence-electron chi connectivity index (χ1n) is 8.89. The Morgan fingerprint density at radius 2 is 1.37 bits per heavy atom. The molecule has 0 N–H and O–H groups in total. The Bertz CT molecular complexity index is 1320. The van der Waals surface area contributed by atoms with Gasteiger partial charge < -0.3 is 0 Å². The molecule has 0 atom stereocenters.